The zero-order valence-electron chi connectivity index (χ0n) is 10.8. The molecule has 0 unspecified atom stereocenters. The number of allylic oxidation sites excluding steroid dienone is 3. The van der Waals surface area contributed by atoms with Gasteiger partial charge in [0, 0.05) is 12.2 Å². The Morgan fingerprint density at radius 2 is 1.61 bits per heavy atom. The van der Waals surface area contributed by atoms with Gasteiger partial charge < -0.3 is 10.2 Å². The fourth-order valence-corrected chi connectivity index (χ4v) is 1.02. The van der Waals surface area contributed by atoms with E-state index < -0.39 is 11.9 Å². The molecule has 0 aliphatic heterocycles. The van der Waals surface area contributed by atoms with Crippen LogP contribution in [0.1, 0.15) is 39.0 Å². The van der Waals surface area contributed by atoms with Crippen LogP contribution in [0.5, 0.6) is 0 Å². The van der Waals surface area contributed by atoms with Crippen molar-refractivity contribution in [2.45, 2.75) is 39.0 Å². The van der Waals surface area contributed by atoms with E-state index >= 15 is 0 Å². The Balaban J connectivity index is 0. The van der Waals surface area contributed by atoms with Crippen molar-refractivity contribution in [1.29, 1.82) is 0 Å². The molecule has 18 heavy (non-hydrogen) atoms. The molecule has 0 amide bonds. The summed E-state index contributed by atoms with van der Waals surface area (Å²) >= 11 is 0. The molecule has 0 bridgehead atoms. The maximum Gasteiger partial charge on any atom is 0.328 e. The summed E-state index contributed by atoms with van der Waals surface area (Å²) in [6.07, 6.45) is 13.8. The zero-order valence-corrected chi connectivity index (χ0v) is 10.8. The molecule has 0 saturated heterocycles. The summed E-state index contributed by atoms with van der Waals surface area (Å²) < 4.78 is 0. The lowest BCUT2D eigenvalue weighted by atomic mass is 10.1. The first-order valence-electron chi connectivity index (χ1n) is 5.96. The standard InChI is InChI=1S/C10H18.C4H4O4/c1-3-5-7-9-10-8-6-4-2;5-3(6)1-2-4(7)8/h3,5,7H,1,4,6,8-10H2,2H3;1-2H,(H,5,6)(H,7,8)/b;2-1-. The van der Waals surface area contributed by atoms with Crippen molar-refractivity contribution >= 4 is 11.9 Å². The minimum Gasteiger partial charge on any atom is -0.478 e. The molecule has 102 valence electrons. The number of hydrogen-bond acceptors (Lipinski definition) is 2. The number of carboxylic acid groups (broad SMARTS) is 2. The van der Waals surface area contributed by atoms with Gasteiger partial charge in [-0.15, -0.1) is 0 Å². The summed E-state index contributed by atoms with van der Waals surface area (Å²) in [5, 5.41) is 15.6. The molecule has 0 aromatic heterocycles. The largest absolute Gasteiger partial charge is 0.478 e. The predicted octanol–water partition coefficient (Wildman–Crippen LogP) is 3.41. The summed E-state index contributed by atoms with van der Waals surface area (Å²) in [7, 11) is 0. The third-order valence-electron chi connectivity index (χ3n) is 1.86. The summed E-state index contributed by atoms with van der Waals surface area (Å²) in [6.45, 7) is 5.84. The van der Waals surface area contributed by atoms with Crippen LogP contribution in [0.25, 0.3) is 0 Å². The van der Waals surface area contributed by atoms with Gasteiger partial charge in [-0.1, -0.05) is 51.0 Å². The van der Waals surface area contributed by atoms with E-state index in [9.17, 15) is 9.59 Å². The second kappa shape index (κ2) is 15.2. The Morgan fingerprint density at radius 1 is 1.06 bits per heavy atom. The molecular weight excluding hydrogens is 232 g/mol. The fourth-order valence-electron chi connectivity index (χ4n) is 1.02. The Morgan fingerprint density at radius 3 is 2.00 bits per heavy atom. The van der Waals surface area contributed by atoms with Crippen molar-refractivity contribution in [2.75, 3.05) is 0 Å². The summed E-state index contributed by atoms with van der Waals surface area (Å²) in [6, 6.07) is 0. The van der Waals surface area contributed by atoms with Gasteiger partial charge in [0.1, 0.15) is 0 Å². The van der Waals surface area contributed by atoms with E-state index in [-0.39, 0.29) is 0 Å². The van der Waals surface area contributed by atoms with Gasteiger partial charge in [0.25, 0.3) is 0 Å². The molecular formula is C14H22O4. The van der Waals surface area contributed by atoms with Gasteiger partial charge in [-0.05, 0) is 12.8 Å². The van der Waals surface area contributed by atoms with Gasteiger partial charge in [0.05, 0.1) is 0 Å². The molecule has 4 heteroatoms. The van der Waals surface area contributed by atoms with E-state index in [1.54, 1.807) is 0 Å². The highest BCUT2D eigenvalue weighted by molar-refractivity contribution is 5.89. The van der Waals surface area contributed by atoms with E-state index in [2.05, 4.69) is 19.6 Å². The fraction of sp³-hybridized carbons (Fsp3) is 0.429. The number of carbonyl (C=O) groups is 2. The molecule has 0 heterocycles. The van der Waals surface area contributed by atoms with Crippen LogP contribution in [0.2, 0.25) is 0 Å². The number of aliphatic carboxylic acids is 2. The molecule has 0 aliphatic carbocycles. The van der Waals surface area contributed by atoms with Gasteiger partial charge >= 0.3 is 11.9 Å². The molecule has 0 saturated carbocycles. The first-order chi connectivity index (χ1) is 8.54. The van der Waals surface area contributed by atoms with Crippen molar-refractivity contribution in [3.8, 4) is 0 Å². The summed E-state index contributed by atoms with van der Waals surface area (Å²) in [4.78, 5) is 19.1. The van der Waals surface area contributed by atoms with Crippen molar-refractivity contribution in [1.82, 2.24) is 0 Å². The molecule has 0 aromatic rings. The van der Waals surface area contributed by atoms with E-state index in [4.69, 9.17) is 10.2 Å². The van der Waals surface area contributed by atoms with Gasteiger partial charge in [-0.25, -0.2) is 9.59 Å². The lowest BCUT2D eigenvalue weighted by molar-refractivity contribution is -0.134. The minimum atomic E-state index is -1.26. The minimum absolute atomic E-state index is 0.558. The zero-order chi connectivity index (χ0) is 14.2. The van der Waals surface area contributed by atoms with Crippen LogP contribution in [0.4, 0.5) is 0 Å². The molecule has 2 N–H and O–H groups in total. The normalized spacial score (nSPS) is 10.1. The molecule has 0 fully saturated rings. The summed E-state index contributed by atoms with van der Waals surface area (Å²) in [5.74, 6) is -2.51. The Hall–Kier alpha value is -1.84. The van der Waals surface area contributed by atoms with E-state index in [0.717, 1.165) is 0 Å². The van der Waals surface area contributed by atoms with E-state index in [0.29, 0.717) is 12.2 Å². The Bertz CT molecular complexity index is 274. The molecule has 0 aromatic carbocycles. The van der Waals surface area contributed by atoms with Gasteiger partial charge in [0.2, 0.25) is 0 Å². The first kappa shape index (κ1) is 18.5. The predicted molar refractivity (Wildman–Crippen MR) is 72.5 cm³/mol. The molecule has 0 aliphatic rings. The van der Waals surface area contributed by atoms with Gasteiger partial charge in [-0.2, -0.15) is 0 Å². The second-order valence-corrected chi connectivity index (χ2v) is 3.52. The molecule has 0 atom stereocenters. The highest BCUT2D eigenvalue weighted by atomic mass is 16.4. The quantitative estimate of drug-likeness (QED) is 0.395. The van der Waals surface area contributed by atoms with Crippen LogP contribution >= 0.6 is 0 Å². The molecule has 0 radical (unpaired) electrons. The summed E-state index contributed by atoms with van der Waals surface area (Å²) in [5.41, 5.74) is 0. The van der Waals surface area contributed by atoms with Crippen LogP contribution in [0.3, 0.4) is 0 Å². The highest BCUT2D eigenvalue weighted by Gasteiger charge is 1.88. The number of hydrogen-bond donors (Lipinski definition) is 2. The van der Waals surface area contributed by atoms with Crippen LogP contribution < -0.4 is 0 Å². The lowest BCUT2D eigenvalue weighted by Gasteiger charge is -1.92. The smallest absolute Gasteiger partial charge is 0.328 e. The average Bonchev–Trinajstić information content (AvgIpc) is 2.32. The lowest BCUT2D eigenvalue weighted by Crippen LogP contribution is -1.91. The maximum absolute atomic E-state index is 9.55. The van der Waals surface area contributed by atoms with Crippen molar-refractivity contribution < 1.29 is 19.8 Å². The van der Waals surface area contributed by atoms with Crippen LogP contribution in [0.15, 0.2) is 37.0 Å². The van der Waals surface area contributed by atoms with Crippen molar-refractivity contribution in [3.05, 3.63) is 37.0 Å². The van der Waals surface area contributed by atoms with Crippen LogP contribution in [0, 0.1) is 0 Å². The average molecular weight is 254 g/mol. The Kier molecular flexibility index (Phi) is 15.6. The molecule has 0 spiro atoms. The first-order valence-corrected chi connectivity index (χ1v) is 5.96. The molecule has 4 nitrogen and oxygen atoms in total. The highest BCUT2D eigenvalue weighted by Crippen LogP contribution is 2.02. The number of unbranched alkanes of at least 4 members (excludes halogenated alkanes) is 4. The van der Waals surface area contributed by atoms with Crippen LogP contribution in [-0.2, 0) is 9.59 Å². The van der Waals surface area contributed by atoms with E-state index in [1.165, 1.54) is 32.1 Å². The van der Waals surface area contributed by atoms with E-state index in [1.807, 2.05) is 12.2 Å². The topological polar surface area (TPSA) is 74.6 Å². The van der Waals surface area contributed by atoms with Gasteiger partial charge in [-0.3, -0.25) is 0 Å². The third-order valence-corrected chi connectivity index (χ3v) is 1.86. The SMILES string of the molecule is C=CC=CCCCCCC.O=C(O)/C=C\C(=O)O. The molecule has 0 rings (SSSR count). The second-order valence-electron chi connectivity index (χ2n) is 3.52. The van der Waals surface area contributed by atoms with Crippen LogP contribution in [-0.4, -0.2) is 22.2 Å². The Labute approximate surface area is 108 Å². The number of carboxylic acids is 2. The van der Waals surface area contributed by atoms with Gasteiger partial charge in [0.15, 0.2) is 0 Å². The number of rotatable bonds is 8. The third kappa shape index (κ3) is 23.8. The maximum atomic E-state index is 9.55. The monoisotopic (exact) mass is 254 g/mol. The van der Waals surface area contributed by atoms with Crippen molar-refractivity contribution in [3.63, 3.8) is 0 Å². The van der Waals surface area contributed by atoms with Crippen molar-refractivity contribution in [2.24, 2.45) is 0 Å².